The minimum absolute atomic E-state index is 0.359. The average molecular weight is 340 g/mol. The molecule has 0 fully saturated rings. The molecule has 0 bridgehead atoms. The van der Waals surface area contributed by atoms with E-state index in [1.165, 1.54) is 5.56 Å². The third-order valence-corrected chi connectivity index (χ3v) is 3.90. The maximum Gasteiger partial charge on any atom is 0.338 e. The van der Waals surface area contributed by atoms with Gasteiger partial charge in [0.05, 0.1) is 5.56 Å². The van der Waals surface area contributed by atoms with Gasteiger partial charge in [0.2, 0.25) is 0 Å². The topological polar surface area (TPSA) is 58.6 Å². The molecule has 0 aliphatic heterocycles. The van der Waals surface area contributed by atoms with Crippen LogP contribution in [0, 0.1) is 0 Å². The molecule has 0 spiro atoms. The Kier molecular flexibility index (Phi) is 6.17. The van der Waals surface area contributed by atoms with Crippen molar-refractivity contribution in [3.05, 3.63) is 59.7 Å². The summed E-state index contributed by atoms with van der Waals surface area (Å²) in [5.74, 6) is -0.878. The van der Waals surface area contributed by atoms with Gasteiger partial charge in [-0.1, -0.05) is 19.1 Å². The average Bonchev–Trinajstić information content (AvgIpc) is 2.62. The lowest BCUT2D eigenvalue weighted by molar-refractivity contribution is -0.123. The number of benzene rings is 2. The molecule has 25 heavy (non-hydrogen) atoms. The van der Waals surface area contributed by atoms with Crippen molar-refractivity contribution >= 4 is 23.3 Å². The molecule has 0 aliphatic rings. The van der Waals surface area contributed by atoms with Gasteiger partial charge in [0.15, 0.2) is 6.10 Å². The number of amides is 1. The second-order valence-electron chi connectivity index (χ2n) is 6.03. The molecule has 2 aromatic carbocycles. The fraction of sp³-hybridized carbons (Fsp3) is 0.300. The highest BCUT2D eigenvalue weighted by atomic mass is 16.5. The second kappa shape index (κ2) is 8.33. The number of nitrogens with zero attached hydrogens (tertiary/aromatic N) is 1. The molecule has 1 atom stereocenters. The molecule has 0 unspecified atom stereocenters. The largest absolute Gasteiger partial charge is 0.449 e. The fourth-order valence-electron chi connectivity index (χ4n) is 2.25. The molecule has 2 rings (SSSR count). The van der Waals surface area contributed by atoms with Crippen LogP contribution in [0.4, 0.5) is 11.4 Å². The van der Waals surface area contributed by atoms with Crippen LogP contribution in [-0.4, -0.2) is 32.1 Å². The number of hydrogen-bond donors (Lipinski definition) is 1. The van der Waals surface area contributed by atoms with Crippen molar-refractivity contribution in [3.8, 4) is 0 Å². The van der Waals surface area contributed by atoms with Crippen molar-refractivity contribution in [1.29, 1.82) is 0 Å². The summed E-state index contributed by atoms with van der Waals surface area (Å²) >= 11 is 0. The summed E-state index contributed by atoms with van der Waals surface area (Å²) in [5.41, 5.74) is 3.27. The zero-order valence-corrected chi connectivity index (χ0v) is 15.1. The van der Waals surface area contributed by atoms with Gasteiger partial charge in [-0.2, -0.15) is 0 Å². The molecule has 0 heterocycles. The molecule has 0 aliphatic carbocycles. The Hall–Kier alpha value is -2.82. The molecule has 0 saturated heterocycles. The normalized spacial score (nSPS) is 11.5. The van der Waals surface area contributed by atoms with Crippen LogP contribution >= 0.6 is 0 Å². The number of rotatable bonds is 6. The van der Waals surface area contributed by atoms with Gasteiger partial charge in [0.25, 0.3) is 5.91 Å². The molecule has 2 aromatic rings. The van der Waals surface area contributed by atoms with E-state index >= 15 is 0 Å². The number of carbonyl (C=O) groups is 2. The summed E-state index contributed by atoms with van der Waals surface area (Å²) in [5, 5.41) is 2.75. The summed E-state index contributed by atoms with van der Waals surface area (Å²) in [6.07, 6.45) is 0.0568. The monoisotopic (exact) mass is 340 g/mol. The number of esters is 1. The SMILES string of the molecule is CCc1ccc(NC(=O)[C@H](C)OC(=O)c2ccc(N(C)C)cc2)cc1. The predicted octanol–water partition coefficient (Wildman–Crippen LogP) is 3.50. The summed E-state index contributed by atoms with van der Waals surface area (Å²) in [6, 6.07) is 14.6. The Bertz CT molecular complexity index is 722. The molecular formula is C20H24N2O3. The third-order valence-electron chi connectivity index (χ3n) is 3.90. The summed E-state index contributed by atoms with van der Waals surface area (Å²) in [4.78, 5) is 26.3. The van der Waals surface area contributed by atoms with E-state index in [2.05, 4.69) is 12.2 Å². The number of carbonyl (C=O) groups excluding carboxylic acids is 2. The first kappa shape index (κ1) is 18.5. The minimum atomic E-state index is -0.883. The summed E-state index contributed by atoms with van der Waals surface area (Å²) < 4.78 is 5.25. The van der Waals surface area contributed by atoms with Crippen LogP contribution in [0.2, 0.25) is 0 Å². The minimum Gasteiger partial charge on any atom is -0.449 e. The smallest absolute Gasteiger partial charge is 0.338 e. The van der Waals surface area contributed by atoms with Crippen molar-refractivity contribution in [1.82, 2.24) is 0 Å². The number of anilines is 2. The molecule has 0 saturated carbocycles. The first-order chi connectivity index (χ1) is 11.9. The van der Waals surface area contributed by atoms with Crippen molar-refractivity contribution in [3.63, 3.8) is 0 Å². The van der Waals surface area contributed by atoms with E-state index in [-0.39, 0.29) is 5.91 Å². The maximum absolute atomic E-state index is 12.2. The van der Waals surface area contributed by atoms with Crippen molar-refractivity contribution in [2.24, 2.45) is 0 Å². The van der Waals surface area contributed by atoms with Crippen LogP contribution in [-0.2, 0) is 16.0 Å². The van der Waals surface area contributed by atoms with Crippen LogP contribution < -0.4 is 10.2 Å². The van der Waals surface area contributed by atoms with Crippen LogP contribution in [0.1, 0.15) is 29.8 Å². The first-order valence-electron chi connectivity index (χ1n) is 8.29. The fourth-order valence-corrected chi connectivity index (χ4v) is 2.25. The van der Waals surface area contributed by atoms with Gasteiger partial charge < -0.3 is 15.0 Å². The van der Waals surface area contributed by atoms with E-state index in [1.54, 1.807) is 19.1 Å². The Morgan fingerprint density at radius 3 is 2.16 bits per heavy atom. The van der Waals surface area contributed by atoms with E-state index in [0.29, 0.717) is 11.3 Å². The van der Waals surface area contributed by atoms with Crippen LogP contribution in [0.15, 0.2) is 48.5 Å². The summed E-state index contributed by atoms with van der Waals surface area (Å²) in [7, 11) is 3.85. The molecule has 5 nitrogen and oxygen atoms in total. The Balaban J connectivity index is 1.93. The Labute approximate surface area is 148 Å². The van der Waals surface area contributed by atoms with E-state index in [1.807, 2.05) is 55.4 Å². The lowest BCUT2D eigenvalue weighted by Gasteiger charge is -2.15. The van der Waals surface area contributed by atoms with Gasteiger partial charge in [-0.15, -0.1) is 0 Å². The van der Waals surface area contributed by atoms with Crippen molar-refractivity contribution in [2.45, 2.75) is 26.4 Å². The molecule has 0 aromatic heterocycles. The zero-order chi connectivity index (χ0) is 18.4. The van der Waals surface area contributed by atoms with E-state index in [0.717, 1.165) is 12.1 Å². The highest BCUT2D eigenvalue weighted by Gasteiger charge is 2.19. The first-order valence-corrected chi connectivity index (χ1v) is 8.29. The Morgan fingerprint density at radius 2 is 1.64 bits per heavy atom. The van der Waals surface area contributed by atoms with Gasteiger partial charge in [0.1, 0.15) is 0 Å². The van der Waals surface area contributed by atoms with E-state index < -0.39 is 12.1 Å². The van der Waals surface area contributed by atoms with Crippen LogP contribution in [0.3, 0.4) is 0 Å². The molecule has 0 radical (unpaired) electrons. The van der Waals surface area contributed by atoms with Gasteiger partial charge in [-0.3, -0.25) is 4.79 Å². The summed E-state index contributed by atoms with van der Waals surface area (Å²) in [6.45, 7) is 3.63. The van der Waals surface area contributed by atoms with Crippen LogP contribution in [0.25, 0.3) is 0 Å². The Morgan fingerprint density at radius 1 is 1.04 bits per heavy atom. The van der Waals surface area contributed by atoms with E-state index in [4.69, 9.17) is 4.74 Å². The highest BCUT2D eigenvalue weighted by molar-refractivity contribution is 5.97. The zero-order valence-electron chi connectivity index (χ0n) is 15.1. The van der Waals surface area contributed by atoms with E-state index in [9.17, 15) is 9.59 Å². The van der Waals surface area contributed by atoms with Crippen molar-refractivity contribution in [2.75, 3.05) is 24.3 Å². The van der Waals surface area contributed by atoms with Crippen molar-refractivity contribution < 1.29 is 14.3 Å². The number of ether oxygens (including phenoxy) is 1. The molecule has 1 N–H and O–H groups in total. The maximum atomic E-state index is 12.2. The quantitative estimate of drug-likeness (QED) is 0.818. The van der Waals surface area contributed by atoms with Gasteiger partial charge in [-0.05, 0) is 55.3 Å². The second-order valence-corrected chi connectivity index (χ2v) is 6.03. The standard InChI is InChI=1S/C20H24N2O3/c1-5-15-6-10-17(11-7-15)21-19(23)14(2)25-20(24)16-8-12-18(13-9-16)22(3)4/h6-14H,5H2,1-4H3,(H,21,23)/t14-/m0/s1. The number of aryl methyl sites for hydroxylation is 1. The number of hydrogen-bond acceptors (Lipinski definition) is 4. The molecule has 132 valence electrons. The highest BCUT2D eigenvalue weighted by Crippen LogP contribution is 2.14. The lowest BCUT2D eigenvalue weighted by Crippen LogP contribution is -2.30. The lowest BCUT2D eigenvalue weighted by atomic mass is 10.1. The van der Waals surface area contributed by atoms with Gasteiger partial charge >= 0.3 is 5.97 Å². The molecule has 5 heteroatoms. The molecular weight excluding hydrogens is 316 g/mol. The van der Waals surface area contributed by atoms with Gasteiger partial charge in [0, 0.05) is 25.5 Å². The number of nitrogens with one attached hydrogen (secondary N) is 1. The van der Waals surface area contributed by atoms with Crippen LogP contribution in [0.5, 0.6) is 0 Å². The van der Waals surface area contributed by atoms with Gasteiger partial charge in [-0.25, -0.2) is 4.79 Å². The molecule has 1 amide bonds. The predicted molar refractivity (Wildman–Crippen MR) is 100 cm³/mol. The third kappa shape index (κ3) is 5.08.